The molecule has 0 aliphatic heterocycles. The molecule has 0 radical (unpaired) electrons. The first-order valence-corrected chi connectivity index (χ1v) is 6.69. The zero-order chi connectivity index (χ0) is 12.0. The smallest absolute Gasteiger partial charge is 0.128 e. The highest BCUT2D eigenvalue weighted by Crippen LogP contribution is 2.12. The van der Waals surface area contributed by atoms with Gasteiger partial charge in [0.15, 0.2) is 0 Å². The van der Waals surface area contributed by atoms with E-state index in [1.165, 1.54) is 12.1 Å². The lowest BCUT2D eigenvalue weighted by Crippen LogP contribution is -2.02. The molecule has 0 bridgehead atoms. The van der Waals surface area contributed by atoms with Crippen LogP contribution in [-0.2, 0) is 16.6 Å². The minimum absolute atomic E-state index is 0.234. The van der Waals surface area contributed by atoms with E-state index in [-0.39, 0.29) is 5.75 Å². The number of hydrogen-bond acceptors (Lipinski definition) is 2. The van der Waals surface area contributed by atoms with Gasteiger partial charge in [0.05, 0.1) is 17.4 Å². The lowest BCUT2D eigenvalue weighted by molar-refractivity contribution is 0.614. The summed E-state index contributed by atoms with van der Waals surface area (Å²) in [4.78, 5) is 0. The van der Waals surface area contributed by atoms with Gasteiger partial charge >= 0.3 is 0 Å². The van der Waals surface area contributed by atoms with Crippen LogP contribution < -0.4 is 0 Å². The standard InChI is InChI=1S/C12H14FNOS/c1-2-3-6-16(15)9-11-5-4-10(8-14)7-12(11)13/h4-5,7H,2-3,6,9H2,1H3. The average Bonchev–Trinajstić information content (AvgIpc) is 2.29. The molecule has 0 aromatic heterocycles. The molecule has 0 aliphatic rings. The molecule has 0 N–H and O–H groups in total. The molecule has 1 aromatic rings. The number of benzene rings is 1. The third-order valence-electron chi connectivity index (χ3n) is 2.22. The third-order valence-corrected chi connectivity index (χ3v) is 3.60. The van der Waals surface area contributed by atoms with E-state index < -0.39 is 16.6 Å². The molecule has 0 heterocycles. The van der Waals surface area contributed by atoms with Crippen LogP contribution >= 0.6 is 0 Å². The molecule has 0 saturated heterocycles. The van der Waals surface area contributed by atoms with Crippen molar-refractivity contribution in [3.63, 3.8) is 0 Å². The van der Waals surface area contributed by atoms with Crippen LogP contribution in [0.3, 0.4) is 0 Å². The molecule has 1 atom stereocenters. The average molecular weight is 239 g/mol. The molecule has 0 spiro atoms. The van der Waals surface area contributed by atoms with E-state index >= 15 is 0 Å². The van der Waals surface area contributed by atoms with Crippen LogP contribution in [0.15, 0.2) is 18.2 Å². The Morgan fingerprint density at radius 3 is 2.81 bits per heavy atom. The van der Waals surface area contributed by atoms with Crippen molar-refractivity contribution in [1.29, 1.82) is 5.26 Å². The summed E-state index contributed by atoms with van der Waals surface area (Å²) in [6.45, 7) is 2.03. The number of unbranched alkanes of at least 4 members (excludes halogenated alkanes) is 1. The Bertz CT molecular complexity index is 426. The zero-order valence-electron chi connectivity index (χ0n) is 9.20. The Morgan fingerprint density at radius 1 is 1.50 bits per heavy atom. The van der Waals surface area contributed by atoms with Crippen LogP contribution in [-0.4, -0.2) is 9.96 Å². The number of hydrogen-bond donors (Lipinski definition) is 0. The molecule has 86 valence electrons. The lowest BCUT2D eigenvalue weighted by Gasteiger charge is -2.03. The fourth-order valence-electron chi connectivity index (χ4n) is 1.28. The Labute approximate surface area is 97.6 Å². The molecule has 2 nitrogen and oxygen atoms in total. The van der Waals surface area contributed by atoms with Crippen molar-refractivity contribution in [2.75, 3.05) is 5.75 Å². The maximum atomic E-state index is 13.4. The van der Waals surface area contributed by atoms with Crippen LogP contribution in [0.5, 0.6) is 0 Å². The number of halogens is 1. The van der Waals surface area contributed by atoms with E-state index in [0.717, 1.165) is 12.8 Å². The molecule has 0 aliphatic carbocycles. The highest BCUT2D eigenvalue weighted by molar-refractivity contribution is 7.84. The molecule has 1 aromatic carbocycles. The van der Waals surface area contributed by atoms with Crippen molar-refractivity contribution < 1.29 is 8.60 Å². The molecule has 0 saturated carbocycles. The van der Waals surface area contributed by atoms with Crippen LogP contribution in [0.25, 0.3) is 0 Å². The molecule has 16 heavy (non-hydrogen) atoms. The van der Waals surface area contributed by atoms with Gasteiger partial charge in [-0.3, -0.25) is 4.21 Å². The topological polar surface area (TPSA) is 40.9 Å². The van der Waals surface area contributed by atoms with Crippen molar-refractivity contribution in [2.24, 2.45) is 0 Å². The molecule has 0 fully saturated rings. The van der Waals surface area contributed by atoms with Crippen molar-refractivity contribution in [3.8, 4) is 6.07 Å². The van der Waals surface area contributed by atoms with Gasteiger partial charge in [-0.25, -0.2) is 4.39 Å². The van der Waals surface area contributed by atoms with Gasteiger partial charge in [0, 0.05) is 22.1 Å². The second kappa shape index (κ2) is 6.39. The SMILES string of the molecule is CCCCS(=O)Cc1ccc(C#N)cc1F. The minimum Gasteiger partial charge on any atom is -0.259 e. The van der Waals surface area contributed by atoms with Gasteiger partial charge in [0.2, 0.25) is 0 Å². The first-order valence-electron chi connectivity index (χ1n) is 5.21. The highest BCUT2D eigenvalue weighted by Gasteiger charge is 2.07. The number of nitrogens with zero attached hydrogens (tertiary/aromatic N) is 1. The van der Waals surface area contributed by atoms with Gasteiger partial charge in [-0.15, -0.1) is 0 Å². The van der Waals surface area contributed by atoms with Gasteiger partial charge in [-0.05, 0) is 18.6 Å². The summed E-state index contributed by atoms with van der Waals surface area (Å²) in [6, 6.07) is 6.14. The second-order valence-electron chi connectivity index (χ2n) is 3.56. The quantitative estimate of drug-likeness (QED) is 0.792. The number of rotatable bonds is 5. The molecular weight excluding hydrogens is 225 g/mol. The maximum absolute atomic E-state index is 13.4. The van der Waals surface area contributed by atoms with E-state index in [9.17, 15) is 8.60 Å². The van der Waals surface area contributed by atoms with Crippen LogP contribution in [0.4, 0.5) is 4.39 Å². The van der Waals surface area contributed by atoms with E-state index in [1.807, 2.05) is 13.0 Å². The first kappa shape index (κ1) is 12.9. The van der Waals surface area contributed by atoms with Gasteiger partial charge in [0.1, 0.15) is 5.82 Å². The monoisotopic (exact) mass is 239 g/mol. The Balaban J connectivity index is 2.68. The number of nitriles is 1. The van der Waals surface area contributed by atoms with Crippen molar-refractivity contribution in [1.82, 2.24) is 0 Å². The van der Waals surface area contributed by atoms with Gasteiger partial charge in [0.25, 0.3) is 0 Å². The van der Waals surface area contributed by atoms with Crippen LogP contribution in [0, 0.1) is 17.1 Å². The normalized spacial score (nSPS) is 12.1. The zero-order valence-corrected chi connectivity index (χ0v) is 10.0. The fourth-order valence-corrected chi connectivity index (χ4v) is 2.62. The fraction of sp³-hybridized carbons (Fsp3) is 0.417. The Hall–Kier alpha value is -1.21. The lowest BCUT2D eigenvalue weighted by atomic mass is 10.1. The summed E-state index contributed by atoms with van der Waals surface area (Å²) in [6.07, 6.45) is 1.88. The third kappa shape index (κ3) is 3.74. The van der Waals surface area contributed by atoms with E-state index in [4.69, 9.17) is 5.26 Å². The maximum Gasteiger partial charge on any atom is 0.128 e. The summed E-state index contributed by atoms with van der Waals surface area (Å²) >= 11 is 0. The van der Waals surface area contributed by atoms with Crippen molar-refractivity contribution >= 4 is 10.8 Å². The highest BCUT2D eigenvalue weighted by atomic mass is 32.2. The predicted molar refractivity (Wildman–Crippen MR) is 62.7 cm³/mol. The van der Waals surface area contributed by atoms with E-state index in [1.54, 1.807) is 6.07 Å². The summed E-state index contributed by atoms with van der Waals surface area (Å²) in [5.74, 6) is 0.400. The van der Waals surface area contributed by atoms with Crippen LogP contribution in [0.2, 0.25) is 0 Å². The minimum atomic E-state index is -1.01. The first-order chi connectivity index (χ1) is 7.67. The summed E-state index contributed by atoms with van der Waals surface area (Å²) in [5.41, 5.74) is 0.717. The van der Waals surface area contributed by atoms with Crippen LogP contribution in [0.1, 0.15) is 30.9 Å². The predicted octanol–water partition coefficient (Wildman–Crippen LogP) is 2.75. The Kier molecular flexibility index (Phi) is 5.13. The van der Waals surface area contributed by atoms with Crippen molar-refractivity contribution in [3.05, 3.63) is 35.1 Å². The summed E-state index contributed by atoms with van der Waals surface area (Å²) < 4.78 is 25.0. The summed E-state index contributed by atoms with van der Waals surface area (Å²) in [7, 11) is -1.01. The molecule has 0 amide bonds. The second-order valence-corrected chi connectivity index (χ2v) is 5.14. The van der Waals surface area contributed by atoms with Gasteiger partial charge < -0.3 is 0 Å². The van der Waals surface area contributed by atoms with E-state index in [2.05, 4.69) is 0 Å². The van der Waals surface area contributed by atoms with Gasteiger partial charge in [-0.1, -0.05) is 19.4 Å². The largest absolute Gasteiger partial charge is 0.259 e. The Morgan fingerprint density at radius 2 is 2.25 bits per heavy atom. The van der Waals surface area contributed by atoms with Crippen molar-refractivity contribution in [2.45, 2.75) is 25.5 Å². The molecular formula is C12H14FNOS. The molecule has 4 heteroatoms. The molecule has 1 unspecified atom stereocenters. The summed E-state index contributed by atoms with van der Waals surface area (Å²) in [5, 5.41) is 8.57. The van der Waals surface area contributed by atoms with Gasteiger partial charge in [-0.2, -0.15) is 5.26 Å². The molecule has 1 rings (SSSR count). The van der Waals surface area contributed by atoms with E-state index in [0.29, 0.717) is 16.9 Å².